The molecule has 1 atom stereocenters. The van der Waals surface area contributed by atoms with Gasteiger partial charge in [-0.2, -0.15) is 0 Å². The Morgan fingerprint density at radius 2 is 1.77 bits per heavy atom. The number of nitrogens with two attached hydrogens (primary N) is 1. The molecule has 1 rings (SSSR count). The molecule has 2 heteroatoms. The minimum atomic E-state index is -0.553. The molecule has 0 saturated heterocycles. The van der Waals surface area contributed by atoms with Crippen LogP contribution in [0, 0.1) is 5.92 Å². The Morgan fingerprint density at radius 3 is 2.23 bits per heavy atom. The molecule has 2 nitrogen and oxygen atoms in total. The van der Waals surface area contributed by atoms with Gasteiger partial charge in [0.25, 0.3) is 0 Å². The Kier molecular flexibility index (Phi) is 3.74. The zero-order chi connectivity index (χ0) is 9.90. The maximum absolute atomic E-state index is 10.3. The molecular weight excluding hydrogens is 162 g/mol. The highest BCUT2D eigenvalue weighted by Crippen LogP contribution is 2.32. The summed E-state index contributed by atoms with van der Waals surface area (Å²) in [6.45, 7) is 4.32. The van der Waals surface area contributed by atoms with Crippen molar-refractivity contribution in [2.75, 3.05) is 0 Å². The molecule has 0 spiro atoms. The molecule has 78 valence electrons. The minimum absolute atomic E-state index is 0.0206. The van der Waals surface area contributed by atoms with Gasteiger partial charge < -0.3 is 10.8 Å². The van der Waals surface area contributed by atoms with Gasteiger partial charge in [0.05, 0.1) is 5.60 Å². The molecule has 0 bridgehead atoms. The third kappa shape index (κ3) is 2.96. The third-order valence-corrected chi connectivity index (χ3v) is 3.13. The van der Waals surface area contributed by atoms with Crippen molar-refractivity contribution in [2.45, 2.75) is 64.0 Å². The van der Waals surface area contributed by atoms with Gasteiger partial charge in [-0.1, -0.05) is 33.1 Å². The van der Waals surface area contributed by atoms with Crippen LogP contribution in [0.25, 0.3) is 0 Å². The first-order chi connectivity index (χ1) is 6.04. The van der Waals surface area contributed by atoms with E-state index in [4.69, 9.17) is 5.73 Å². The zero-order valence-electron chi connectivity index (χ0n) is 8.92. The van der Waals surface area contributed by atoms with E-state index in [-0.39, 0.29) is 6.04 Å². The van der Waals surface area contributed by atoms with Crippen LogP contribution in [-0.4, -0.2) is 16.7 Å². The van der Waals surface area contributed by atoms with E-state index in [1.165, 1.54) is 6.42 Å². The van der Waals surface area contributed by atoms with Gasteiger partial charge in [-0.25, -0.2) is 0 Å². The van der Waals surface area contributed by atoms with Crippen LogP contribution in [0.3, 0.4) is 0 Å². The van der Waals surface area contributed by atoms with Crippen LogP contribution in [0.4, 0.5) is 0 Å². The van der Waals surface area contributed by atoms with E-state index in [0.29, 0.717) is 5.92 Å². The van der Waals surface area contributed by atoms with Gasteiger partial charge in [-0.05, 0) is 25.2 Å². The first-order valence-corrected chi connectivity index (χ1v) is 5.52. The second-order valence-electron chi connectivity index (χ2n) is 4.90. The predicted molar refractivity (Wildman–Crippen MR) is 55.5 cm³/mol. The molecule has 13 heavy (non-hydrogen) atoms. The molecule has 0 amide bonds. The van der Waals surface area contributed by atoms with Crippen molar-refractivity contribution in [2.24, 2.45) is 11.7 Å². The van der Waals surface area contributed by atoms with Crippen LogP contribution in [0.2, 0.25) is 0 Å². The van der Waals surface area contributed by atoms with E-state index in [2.05, 4.69) is 13.8 Å². The largest absolute Gasteiger partial charge is 0.388 e. The maximum Gasteiger partial charge on any atom is 0.0798 e. The SMILES string of the molecule is CC(C)CC(N)C1(O)CCCCC1. The van der Waals surface area contributed by atoms with Crippen LogP contribution >= 0.6 is 0 Å². The van der Waals surface area contributed by atoms with Crippen molar-refractivity contribution in [3.05, 3.63) is 0 Å². The highest BCUT2D eigenvalue weighted by atomic mass is 16.3. The number of hydrogen-bond donors (Lipinski definition) is 2. The van der Waals surface area contributed by atoms with E-state index in [1.807, 2.05) is 0 Å². The van der Waals surface area contributed by atoms with Crippen LogP contribution in [0.1, 0.15) is 52.4 Å². The van der Waals surface area contributed by atoms with Crippen molar-refractivity contribution in [3.8, 4) is 0 Å². The Bertz CT molecular complexity index is 150. The summed E-state index contributed by atoms with van der Waals surface area (Å²) in [7, 11) is 0. The summed E-state index contributed by atoms with van der Waals surface area (Å²) < 4.78 is 0. The molecule has 0 heterocycles. The average Bonchev–Trinajstić information content (AvgIpc) is 2.04. The zero-order valence-corrected chi connectivity index (χ0v) is 8.92. The van der Waals surface area contributed by atoms with E-state index in [0.717, 1.165) is 32.1 Å². The highest BCUT2D eigenvalue weighted by Gasteiger charge is 2.35. The van der Waals surface area contributed by atoms with Crippen LogP contribution in [0.15, 0.2) is 0 Å². The second kappa shape index (κ2) is 4.43. The lowest BCUT2D eigenvalue weighted by molar-refractivity contribution is -0.0244. The topological polar surface area (TPSA) is 46.2 Å². The molecule has 1 aliphatic carbocycles. The van der Waals surface area contributed by atoms with Crippen molar-refractivity contribution in [3.63, 3.8) is 0 Å². The molecule has 0 radical (unpaired) electrons. The lowest BCUT2D eigenvalue weighted by Gasteiger charge is -2.38. The van der Waals surface area contributed by atoms with Crippen molar-refractivity contribution in [1.29, 1.82) is 0 Å². The third-order valence-electron chi connectivity index (χ3n) is 3.13. The number of aliphatic hydroxyl groups is 1. The summed E-state index contributed by atoms with van der Waals surface area (Å²) in [6.07, 6.45) is 6.29. The van der Waals surface area contributed by atoms with Gasteiger partial charge in [0.15, 0.2) is 0 Å². The first-order valence-electron chi connectivity index (χ1n) is 5.52. The van der Waals surface area contributed by atoms with E-state index in [1.54, 1.807) is 0 Å². The smallest absolute Gasteiger partial charge is 0.0798 e. The van der Waals surface area contributed by atoms with Gasteiger partial charge in [-0.15, -0.1) is 0 Å². The Labute approximate surface area is 81.5 Å². The fourth-order valence-corrected chi connectivity index (χ4v) is 2.26. The second-order valence-corrected chi connectivity index (χ2v) is 4.90. The van der Waals surface area contributed by atoms with Crippen molar-refractivity contribution >= 4 is 0 Å². The standard InChI is InChI=1S/C11H23NO/c1-9(2)8-10(12)11(13)6-4-3-5-7-11/h9-10,13H,3-8,12H2,1-2H3. The van der Waals surface area contributed by atoms with Gasteiger partial charge in [0.2, 0.25) is 0 Å². The summed E-state index contributed by atoms with van der Waals surface area (Å²) in [6, 6.07) is -0.0206. The van der Waals surface area contributed by atoms with Crippen molar-refractivity contribution < 1.29 is 5.11 Å². The van der Waals surface area contributed by atoms with E-state index in [9.17, 15) is 5.11 Å². The van der Waals surface area contributed by atoms with Gasteiger partial charge in [0.1, 0.15) is 0 Å². The van der Waals surface area contributed by atoms with Gasteiger partial charge >= 0.3 is 0 Å². The molecular formula is C11H23NO. The van der Waals surface area contributed by atoms with Gasteiger partial charge in [-0.3, -0.25) is 0 Å². The predicted octanol–water partition coefficient (Wildman–Crippen LogP) is 2.05. The lowest BCUT2D eigenvalue weighted by atomic mass is 9.77. The molecule has 0 aliphatic heterocycles. The van der Waals surface area contributed by atoms with Crippen LogP contribution < -0.4 is 5.73 Å². The summed E-state index contributed by atoms with van der Waals surface area (Å²) in [5.74, 6) is 0.584. The molecule has 0 aromatic rings. The van der Waals surface area contributed by atoms with E-state index >= 15 is 0 Å². The Balaban J connectivity index is 2.46. The van der Waals surface area contributed by atoms with Gasteiger partial charge in [0, 0.05) is 6.04 Å². The quantitative estimate of drug-likeness (QED) is 0.707. The number of hydrogen-bond acceptors (Lipinski definition) is 2. The first kappa shape index (κ1) is 11.0. The number of rotatable bonds is 3. The normalized spacial score (nSPS) is 24.7. The summed E-state index contributed by atoms with van der Waals surface area (Å²) in [5.41, 5.74) is 5.48. The molecule has 0 aromatic carbocycles. The van der Waals surface area contributed by atoms with Crippen molar-refractivity contribution in [1.82, 2.24) is 0 Å². The minimum Gasteiger partial charge on any atom is -0.388 e. The molecule has 1 unspecified atom stereocenters. The lowest BCUT2D eigenvalue weighted by Crippen LogP contribution is -2.49. The summed E-state index contributed by atoms with van der Waals surface area (Å²) in [5, 5.41) is 10.3. The Morgan fingerprint density at radius 1 is 1.23 bits per heavy atom. The molecule has 1 aliphatic rings. The van der Waals surface area contributed by atoms with Crippen LogP contribution in [0.5, 0.6) is 0 Å². The molecule has 0 aromatic heterocycles. The van der Waals surface area contributed by atoms with E-state index < -0.39 is 5.60 Å². The molecule has 1 saturated carbocycles. The van der Waals surface area contributed by atoms with Crippen LogP contribution in [-0.2, 0) is 0 Å². The maximum atomic E-state index is 10.3. The average molecular weight is 185 g/mol. The highest BCUT2D eigenvalue weighted by molar-refractivity contribution is 4.92. The molecule has 1 fully saturated rings. The fourth-order valence-electron chi connectivity index (χ4n) is 2.26. The monoisotopic (exact) mass is 185 g/mol. The Hall–Kier alpha value is -0.0800. The summed E-state index contributed by atoms with van der Waals surface area (Å²) >= 11 is 0. The summed E-state index contributed by atoms with van der Waals surface area (Å²) in [4.78, 5) is 0. The molecule has 3 N–H and O–H groups in total. The fraction of sp³-hybridized carbons (Fsp3) is 1.00.